The van der Waals surface area contributed by atoms with Gasteiger partial charge < -0.3 is 14.6 Å². The van der Waals surface area contributed by atoms with Gasteiger partial charge in [-0.3, -0.25) is 4.79 Å². The van der Waals surface area contributed by atoms with Crippen molar-refractivity contribution in [3.63, 3.8) is 0 Å². The third-order valence-corrected chi connectivity index (χ3v) is 5.09. The molecule has 0 fully saturated rings. The summed E-state index contributed by atoms with van der Waals surface area (Å²) in [5.74, 6) is 0.342. The van der Waals surface area contributed by atoms with Crippen molar-refractivity contribution in [2.45, 2.75) is 12.5 Å². The van der Waals surface area contributed by atoms with Crippen LogP contribution < -0.4 is 9.47 Å². The van der Waals surface area contributed by atoms with Gasteiger partial charge >= 0.3 is 5.97 Å². The number of carboxylic acid groups (broad SMARTS) is 1. The van der Waals surface area contributed by atoms with E-state index in [1.807, 2.05) is 23.6 Å². The van der Waals surface area contributed by atoms with E-state index in [1.165, 1.54) is 11.3 Å². The van der Waals surface area contributed by atoms with Crippen molar-refractivity contribution in [1.29, 1.82) is 0 Å². The van der Waals surface area contributed by atoms with Crippen molar-refractivity contribution in [2.24, 2.45) is 0 Å². The van der Waals surface area contributed by atoms with E-state index in [4.69, 9.17) is 26.2 Å². The minimum absolute atomic E-state index is 0.0462. The van der Waals surface area contributed by atoms with Crippen LogP contribution in [0, 0.1) is 0 Å². The third-order valence-electron chi connectivity index (χ3n) is 3.82. The molecule has 122 valence electrons. The van der Waals surface area contributed by atoms with Crippen molar-refractivity contribution in [3.05, 3.63) is 52.0 Å². The Balaban J connectivity index is 1.66. The average Bonchev–Trinajstić information content (AvgIpc) is 3.12. The maximum atomic E-state index is 11.0. The molecule has 0 radical (unpaired) electrons. The van der Waals surface area contributed by atoms with Gasteiger partial charge in [-0.05, 0) is 35.2 Å². The van der Waals surface area contributed by atoms with Crippen LogP contribution >= 0.6 is 22.9 Å². The molecule has 1 aliphatic rings. The number of fused-ring (bicyclic) bond motifs is 2. The number of pyridine rings is 1. The number of aromatic nitrogens is 1. The average molecular weight is 362 g/mol. The lowest BCUT2D eigenvalue weighted by atomic mass is 10.1. The molecule has 0 saturated carbocycles. The van der Waals surface area contributed by atoms with Crippen LogP contribution in [0.15, 0.2) is 35.8 Å². The fourth-order valence-corrected chi connectivity index (χ4v) is 4.19. The summed E-state index contributed by atoms with van der Waals surface area (Å²) in [4.78, 5) is 15.1. The van der Waals surface area contributed by atoms with Crippen molar-refractivity contribution >= 4 is 39.0 Å². The van der Waals surface area contributed by atoms with E-state index in [2.05, 4.69) is 4.98 Å². The van der Waals surface area contributed by atoms with Gasteiger partial charge in [0.15, 0.2) is 6.10 Å². The Morgan fingerprint density at radius 1 is 1.50 bits per heavy atom. The summed E-state index contributed by atoms with van der Waals surface area (Å²) in [6.07, 6.45) is 1.40. The van der Waals surface area contributed by atoms with Gasteiger partial charge in [0, 0.05) is 16.3 Å². The number of hydrogen-bond donors (Lipinski definition) is 1. The van der Waals surface area contributed by atoms with Gasteiger partial charge in [0.2, 0.25) is 5.88 Å². The van der Waals surface area contributed by atoms with Gasteiger partial charge in [-0.2, -0.15) is 0 Å². The molecule has 24 heavy (non-hydrogen) atoms. The summed E-state index contributed by atoms with van der Waals surface area (Å²) < 4.78 is 12.4. The van der Waals surface area contributed by atoms with E-state index in [1.54, 1.807) is 12.3 Å². The molecule has 4 rings (SSSR count). The van der Waals surface area contributed by atoms with Gasteiger partial charge in [0.05, 0.1) is 17.0 Å². The fraction of sp³-hybridized carbons (Fsp3) is 0.176. The number of rotatable bonds is 4. The summed E-state index contributed by atoms with van der Waals surface area (Å²) in [5.41, 5.74) is 1.63. The Labute approximate surface area is 146 Å². The Hall–Kier alpha value is -2.31. The lowest BCUT2D eigenvalue weighted by Crippen LogP contribution is -2.08. The molecule has 5 nitrogen and oxygen atoms in total. The molecule has 0 bridgehead atoms. The number of hydrogen-bond acceptors (Lipinski definition) is 5. The Bertz CT molecular complexity index is 939. The molecular formula is C17H12ClNO4S. The number of carboxylic acids is 1. The monoisotopic (exact) mass is 361 g/mol. The molecule has 3 heterocycles. The van der Waals surface area contributed by atoms with Gasteiger partial charge in [-0.15, -0.1) is 11.3 Å². The van der Waals surface area contributed by atoms with Crippen LogP contribution in [0.2, 0.25) is 5.02 Å². The highest BCUT2D eigenvalue weighted by atomic mass is 35.5. The smallest absolute Gasteiger partial charge is 0.307 e. The second-order valence-electron chi connectivity index (χ2n) is 5.42. The Morgan fingerprint density at radius 3 is 3.21 bits per heavy atom. The Morgan fingerprint density at radius 2 is 2.38 bits per heavy atom. The molecule has 1 N–H and O–H groups in total. The topological polar surface area (TPSA) is 68.7 Å². The highest BCUT2D eigenvalue weighted by Crippen LogP contribution is 2.39. The summed E-state index contributed by atoms with van der Waals surface area (Å²) in [6.45, 7) is 0.400. The third kappa shape index (κ3) is 2.68. The van der Waals surface area contributed by atoms with E-state index < -0.39 is 5.97 Å². The molecule has 0 unspecified atom stereocenters. The quantitative estimate of drug-likeness (QED) is 0.758. The standard InChI is InChI=1S/C17H12ClNO4S/c18-12-5-10(6-14-16(12)9(8-24-14)4-15(20)21)23-13-7-22-17-11(13)2-1-3-19-17/h1-3,5-6,8,13H,4,7H2,(H,20,21)/t13-/m0/s1. The lowest BCUT2D eigenvalue weighted by Gasteiger charge is -2.13. The highest BCUT2D eigenvalue weighted by Gasteiger charge is 2.27. The first-order chi connectivity index (χ1) is 11.6. The van der Waals surface area contributed by atoms with Crippen LogP contribution in [0.5, 0.6) is 11.6 Å². The molecule has 0 saturated heterocycles. The SMILES string of the molecule is O=C(O)Cc1csc2cc(O[C@H]3COc4ncccc43)cc(Cl)c12. The maximum Gasteiger partial charge on any atom is 0.307 e. The molecule has 3 aromatic rings. The fourth-order valence-electron chi connectivity index (χ4n) is 2.79. The van der Waals surface area contributed by atoms with Crippen molar-refractivity contribution in [1.82, 2.24) is 4.98 Å². The molecule has 2 aromatic heterocycles. The number of benzene rings is 1. The molecule has 1 aromatic carbocycles. The largest absolute Gasteiger partial charge is 0.482 e. The van der Waals surface area contributed by atoms with Crippen LogP contribution in [0.3, 0.4) is 0 Å². The van der Waals surface area contributed by atoms with E-state index in [0.29, 0.717) is 23.3 Å². The molecule has 7 heteroatoms. The molecule has 1 aliphatic heterocycles. The number of halogens is 1. The lowest BCUT2D eigenvalue weighted by molar-refractivity contribution is -0.136. The van der Waals surface area contributed by atoms with Crippen LogP contribution in [-0.4, -0.2) is 22.7 Å². The summed E-state index contributed by atoms with van der Waals surface area (Å²) in [7, 11) is 0. The van der Waals surface area contributed by atoms with Crippen LogP contribution in [0.1, 0.15) is 17.2 Å². The molecular weight excluding hydrogens is 350 g/mol. The Kier molecular flexibility index (Phi) is 3.78. The first kappa shape index (κ1) is 15.2. The zero-order valence-corrected chi connectivity index (χ0v) is 13.9. The summed E-state index contributed by atoms with van der Waals surface area (Å²) in [5, 5.41) is 12.1. The van der Waals surface area contributed by atoms with Gasteiger partial charge in [0.25, 0.3) is 0 Å². The molecule has 0 aliphatic carbocycles. The minimum Gasteiger partial charge on any atom is -0.482 e. The number of aliphatic carboxylic acids is 1. The number of thiophene rings is 1. The van der Waals surface area contributed by atoms with E-state index >= 15 is 0 Å². The molecule has 0 amide bonds. The predicted octanol–water partition coefficient (Wildman–Crippen LogP) is 4.09. The van der Waals surface area contributed by atoms with Crippen LogP contribution in [0.4, 0.5) is 0 Å². The van der Waals surface area contributed by atoms with Gasteiger partial charge in [0.1, 0.15) is 12.4 Å². The van der Waals surface area contributed by atoms with Crippen molar-refractivity contribution in [2.75, 3.05) is 6.61 Å². The zero-order valence-electron chi connectivity index (χ0n) is 12.4. The van der Waals surface area contributed by atoms with Gasteiger partial charge in [-0.25, -0.2) is 4.98 Å². The first-order valence-electron chi connectivity index (χ1n) is 7.27. The summed E-state index contributed by atoms with van der Waals surface area (Å²) >= 11 is 7.82. The van der Waals surface area contributed by atoms with Crippen LogP contribution in [0.25, 0.3) is 10.1 Å². The van der Waals surface area contributed by atoms with Gasteiger partial charge in [-0.1, -0.05) is 11.6 Å². The molecule has 0 spiro atoms. The van der Waals surface area contributed by atoms with Crippen LogP contribution in [-0.2, 0) is 11.2 Å². The second kappa shape index (κ2) is 5.96. The van der Waals surface area contributed by atoms with Crippen molar-refractivity contribution in [3.8, 4) is 11.6 Å². The predicted molar refractivity (Wildman–Crippen MR) is 91.3 cm³/mol. The second-order valence-corrected chi connectivity index (χ2v) is 6.74. The zero-order chi connectivity index (χ0) is 16.7. The minimum atomic E-state index is -0.877. The van der Waals surface area contributed by atoms with E-state index in [9.17, 15) is 4.79 Å². The molecule has 1 atom stereocenters. The first-order valence-corrected chi connectivity index (χ1v) is 8.53. The maximum absolute atomic E-state index is 11.0. The number of ether oxygens (including phenoxy) is 2. The number of carbonyl (C=O) groups is 1. The number of nitrogens with zero attached hydrogens (tertiary/aromatic N) is 1. The van der Waals surface area contributed by atoms with E-state index in [-0.39, 0.29) is 12.5 Å². The van der Waals surface area contributed by atoms with Crippen molar-refractivity contribution < 1.29 is 19.4 Å². The highest BCUT2D eigenvalue weighted by molar-refractivity contribution is 7.17. The van der Waals surface area contributed by atoms with E-state index in [0.717, 1.165) is 21.2 Å². The summed E-state index contributed by atoms with van der Waals surface area (Å²) in [6, 6.07) is 7.37. The normalized spacial score (nSPS) is 16.0.